The summed E-state index contributed by atoms with van der Waals surface area (Å²) in [6, 6.07) is 3.78. The second kappa shape index (κ2) is 7.48. The Kier molecular flexibility index (Phi) is 6.27. The number of hydrogen-bond donors (Lipinski definition) is 1. The van der Waals surface area contributed by atoms with Gasteiger partial charge in [-0.15, -0.1) is 12.4 Å². The van der Waals surface area contributed by atoms with Crippen LogP contribution in [-0.2, 0) is 0 Å². The van der Waals surface area contributed by atoms with Crippen molar-refractivity contribution in [3.63, 3.8) is 0 Å². The molecule has 2 N–H and O–H groups in total. The van der Waals surface area contributed by atoms with E-state index >= 15 is 0 Å². The van der Waals surface area contributed by atoms with Gasteiger partial charge in [0.25, 0.3) is 5.91 Å². The molecule has 112 valence electrons. The molecule has 1 amide bonds. The highest BCUT2D eigenvalue weighted by Crippen LogP contribution is 2.29. The second-order valence-electron chi connectivity index (χ2n) is 5.48. The monoisotopic (exact) mass is 297 g/mol. The number of nitrogen functional groups attached to an aromatic ring is 1. The van der Waals surface area contributed by atoms with Crippen molar-refractivity contribution in [3.8, 4) is 0 Å². The van der Waals surface area contributed by atoms with Gasteiger partial charge in [0.2, 0.25) is 0 Å². The highest BCUT2D eigenvalue weighted by atomic mass is 35.5. The van der Waals surface area contributed by atoms with Crippen LogP contribution in [0.4, 0.5) is 5.69 Å². The molecule has 5 heteroatoms. The third-order valence-corrected chi connectivity index (χ3v) is 4.27. The van der Waals surface area contributed by atoms with Crippen LogP contribution in [0, 0.1) is 5.92 Å². The van der Waals surface area contributed by atoms with Gasteiger partial charge in [0.1, 0.15) is 5.69 Å². The van der Waals surface area contributed by atoms with Crippen molar-refractivity contribution >= 4 is 24.0 Å². The van der Waals surface area contributed by atoms with Crippen LogP contribution < -0.4 is 5.73 Å². The molecule has 0 aromatic carbocycles. The van der Waals surface area contributed by atoms with Gasteiger partial charge in [0.15, 0.2) is 0 Å². The molecule has 0 atom stereocenters. The third-order valence-electron chi connectivity index (χ3n) is 4.27. The van der Waals surface area contributed by atoms with E-state index in [-0.39, 0.29) is 18.3 Å². The number of pyridine rings is 1. The number of nitrogens with zero attached hydrogens (tertiary/aromatic N) is 2. The molecule has 0 aliphatic heterocycles. The zero-order valence-corrected chi connectivity index (χ0v) is 13.0. The maximum Gasteiger partial charge on any atom is 0.272 e. The van der Waals surface area contributed by atoms with Crippen molar-refractivity contribution in [1.29, 1.82) is 0 Å². The number of nitrogens with two attached hydrogens (primary N) is 1. The molecule has 2 rings (SSSR count). The largest absolute Gasteiger partial charge is 0.397 e. The topological polar surface area (TPSA) is 59.2 Å². The lowest BCUT2D eigenvalue weighted by Gasteiger charge is -2.34. The molecule has 1 aromatic heterocycles. The summed E-state index contributed by atoms with van der Waals surface area (Å²) >= 11 is 0. The van der Waals surface area contributed by atoms with Gasteiger partial charge < -0.3 is 10.6 Å². The van der Waals surface area contributed by atoms with E-state index in [2.05, 4.69) is 11.9 Å². The van der Waals surface area contributed by atoms with Gasteiger partial charge in [-0.05, 0) is 43.7 Å². The van der Waals surface area contributed by atoms with Crippen LogP contribution in [0.3, 0.4) is 0 Å². The number of anilines is 1. The van der Waals surface area contributed by atoms with Gasteiger partial charge in [-0.25, -0.2) is 4.98 Å². The van der Waals surface area contributed by atoms with E-state index in [0.717, 1.165) is 18.8 Å². The molecule has 20 heavy (non-hydrogen) atoms. The lowest BCUT2D eigenvalue weighted by molar-refractivity contribution is 0.0669. The zero-order chi connectivity index (χ0) is 13.8. The van der Waals surface area contributed by atoms with Gasteiger partial charge in [-0.3, -0.25) is 4.79 Å². The summed E-state index contributed by atoms with van der Waals surface area (Å²) < 4.78 is 0. The summed E-state index contributed by atoms with van der Waals surface area (Å²) in [5.41, 5.74) is 6.66. The fraction of sp³-hybridized carbons (Fsp3) is 0.600. The maximum absolute atomic E-state index is 12.3. The lowest BCUT2D eigenvalue weighted by Crippen LogP contribution is -2.39. The summed E-state index contributed by atoms with van der Waals surface area (Å²) in [7, 11) is 1.89. The van der Waals surface area contributed by atoms with Crippen LogP contribution in [-0.4, -0.2) is 28.9 Å². The third kappa shape index (κ3) is 3.85. The van der Waals surface area contributed by atoms with E-state index in [0.29, 0.717) is 17.4 Å². The zero-order valence-electron chi connectivity index (χ0n) is 12.2. The number of hydrogen-bond acceptors (Lipinski definition) is 3. The standard InChI is InChI=1S/C15H23N3O.ClH/c1-3-11-4-7-13(8-5-11)18(2)15(19)14-9-6-12(16)10-17-14;/h6,9-11,13H,3-5,7-8,16H2,1-2H3;1H. The van der Waals surface area contributed by atoms with Crippen molar-refractivity contribution < 1.29 is 4.79 Å². The molecular weight excluding hydrogens is 274 g/mol. The minimum absolute atomic E-state index is 0. The first-order valence-corrected chi connectivity index (χ1v) is 7.10. The fourth-order valence-electron chi connectivity index (χ4n) is 2.82. The Balaban J connectivity index is 0.00000200. The molecule has 1 aliphatic rings. The van der Waals surface area contributed by atoms with Crippen LogP contribution in [0.5, 0.6) is 0 Å². The highest BCUT2D eigenvalue weighted by Gasteiger charge is 2.26. The molecule has 0 saturated heterocycles. The van der Waals surface area contributed by atoms with E-state index in [1.165, 1.54) is 25.5 Å². The molecule has 0 bridgehead atoms. The quantitative estimate of drug-likeness (QED) is 0.932. The molecule has 4 nitrogen and oxygen atoms in total. The SMILES string of the molecule is CCC1CCC(N(C)C(=O)c2ccc(N)cn2)CC1.Cl. The first-order chi connectivity index (χ1) is 9.11. The number of rotatable bonds is 3. The molecule has 1 heterocycles. The molecule has 1 aromatic rings. The molecule has 1 fully saturated rings. The van der Waals surface area contributed by atoms with Gasteiger partial charge in [-0.1, -0.05) is 13.3 Å². The van der Waals surface area contributed by atoms with Crippen LogP contribution >= 0.6 is 12.4 Å². The van der Waals surface area contributed by atoms with Crippen molar-refractivity contribution in [2.24, 2.45) is 5.92 Å². The van der Waals surface area contributed by atoms with Crippen LogP contribution in [0.25, 0.3) is 0 Å². The Morgan fingerprint density at radius 2 is 2.00 bits per heavy atom. The number of amides is 1. The molecule has 1 saturated carbocycles. The van der Waals surface area contributed by atoms with Gasteiger partial charge in [0.05, 0.1) is 11.9 Å². The van der Waals surface area contributed by atoms with Gasteiger partial charge in [0, 0.05) is 13.1 Å². The van der Waals surface area contributed by atoms with Crippen molar-refractivity contribution in [2.45, 2.75) is 45.1 Å². The van der Waals surface area contributed by atoms with Crippen molar-refractivity contribution in [3.05, 3.63) is 24.0 Å². The molecule has 0 spiro atoms. The predicted octanol–water partition coefficient (Wildman–Crippen LogP) is 3.13. The van der Waals surface area contributed by atoms with Crippen LogP contribution in [0.1, 0.15) is 49.5 Å². The Morgan fingerprint density at radius 3 is 2.50 bits per heavy atom. The van der Waals surface area contributed by atoms with E-state index in [1.807, 2.05) is 11.9 Å². The number of carbonyl (C=O) groups is 1. The minimum Gasteiger partial charge on any atom is -0.397 e. The smallest absolute Gasteiger partial charge is 0.272 e. The summed E-state index contributed by atoms with van der Waals surface area (Å²) in [5, 5.41) is 0. The second-order valence-corrected chi connectivity index (χ2v) is 5.48. The summed E-state index contributed by atoms with van der Waals surface area (Å²) in [5.74, 6) is 0.842. The molecular formula is C15H24ClN3O. The van der Waals surface area contributed by atoms with Gasteiger partial charge in [-0.2, -0.15) is 0 Å². The van der Waals surface area contributed by atoms with Crippen LogP contribution in [0.15, 0.2) is 18.3 Å². The Hall–Kier alpha value is -1.29. The fourth-order valence-corrected chi connectivity index (χ4v) is 2.82. The summed E-state index contributed by atoms with van der Waals surface area (Å²) in [6.07, 6.45) is 7.46. The summed E-state index contributed by atoms with van der Waals surface area (Å²) in [4.78, 5) is 18.3. The molecule has 1 aliphatic carbocycles. The van der Waals surface area contributed by atoms with Crippen LogP contribution in [0.2, 0.25) is 0 Å². The minimum atomic E-state index is -0.0000477. The highest BCUT2D eigenvalue weighted by molar-refractivity contribution is 5.92. The Labute approximate surface area is 127 Å². The Bertz CT molecular complexity index is 427. The molecule has 0 unspecified atom stereocenters. The van der Waals surface area contributed by atoms with E-state index in [4.69, 9.17) is 5.73 Å². The molecule has 0 radical (unpaired) electrons. The lowest BCUT2D eigenvalue weighted by atomic mass is 9.84. The maximum atomic E-state index is 12.3. The number of aromatic nitrogens is 1. The van der Waals surface area contributed by atoms with E-state index in [9.17, 15) is 4.79 Å². The van der Waals surface area contributed by atoms with E-state index in [1.54, 1.807) is 12.1 Å². The van der Waals surface area contributed by atoms with Crippen molar-refractivity contribution in [2.75, 3.05) is 12.8 Å². The van der Waals surface area contributed by atoms with Gasteiger partial charge >= 0.3 is 0 Å². The Morgan fingerprint density at radius 1 is 1.35 bits per heavy atom. The summed E-state index contributed by atoms with van der Waals surface area (Å²) in [6.45, 7) is 2.25. The first-order valence-electron chi connectivity index (χ1n) is 7.10. The number of carbonyl (C=O) groups excluding carboxylic acids is 1. The average Bonchev–Trinajstić information content (AvgIpc) is 2.46. The normalized spacial score (nSPS) is 21.9. The predicted molar refractivity (Wildman–Crippen MR) is 84.0 cm³/mol. The average molecular weight is 298 g/mol. The van der Waals surface area contributed by atoms with E-state index < -0.39 is 0 Å². The number of halogens is 1. The van der Waals surface area contributed by atoms with Crippen molar-refractivity contribution in [1.82, 2.24) is 9.88 Å². The first kappa shape index (κ1) is 16.8.